The maximum absolute atomic E-state index is 11.7. The van der Waals surface area contributed by atoms with Gasteiger partial charge < -0.3 is 29.2 Å². The van der Waals surface area contributed by atoms with Crippen molar-refractivity contribution in [3.8, 4) is 0 Å². The minimum Gasteiger partial charge on any atom is -0.513 e. The minimum atomic E-state index is -1.08. The molecule has 9 heteroatoms. The SMILES string of the molecule is C=C(O)CCC(=O)O[C@@H]1CO[C@H]2[C@@H]1OC[C@H]2OC(=O)CCC(=O)O. The third kappa shape index (κ3) is 4.93. The number of rotatable bonds is 8. The average Bonchev–Trinajstić information content (AvgIpc) is 3.07. The van der Waals surface area contributed by atoms with Crippen LogP contribution in [0.2, 0.25) is 0 Å². The number of carboxylic acid groups (broad SMARTS) is 1. The van der Waals surface area contributed by atoms with Crippen LogP contribution in [-0.2, 0) is 33.3 Å². The van der Waals surface area contributed by atoms with Crippen LogP contribution in [0.5, 0.6) is 0 Å². The van der Waals surface area contributed by atoms with E-state index in [2.05, 4.69) is 6.58 Å². The van der Waals surface area contributed by atoms with Crippen molar-refractivity contribution in [3.63, 3.8) is 0 Å². The predicted octanol–water partition coefficient (Wildman–Crippen LogP) is 0.324. The quantitative estimate of drug-likeness (QED) is 0.472. The summed E-state index contributed by atoms with van der Waals surface area (Å²) in [4.78, 5) is 33.7. The molecule has 9 nitrogen and oxygen atoms in total. The lowest BCUT2D eigenvalue weighted by Gasteiger charge is -2.17. The van der Waals surface area contributed by atoms with Crippen molar-refractivity contribution in [3.05, 3.63) is 12.3 Å². The van der Waals surface area contributed by atoms with Gasteiger partial charge in [0.15, 0.2) is 12.2 Å². The highest BCUT2D eigenvalue weighted by Gasteiger charge is 2.51. The number of fused-ring (bicyclic) bond motifs is 1. The highest BCUT2D eigenvalue weighted by atomic mass is 16.7. The summed E-state index contributed by atoms with van der Waals surface area (Å²) in [7, 11) is 0. The number of carbonyl (C=O) groups excluding carboxylic acids is 2. The smallest absolute Gasteiger partial charge is 0.306 e. The maximum atomic E-state index is 11.7. The number of hydrogen-bond acceptors (Lipinski definition) is 8. The number of hydrogen-bond donors (Lipinski definition) is 2. The van der Waals surface area contributed by atoms with Crippen LogP contribution in [-0.4, -0.2) is 65.8 Å². The lowest BCUT2D eigenvalue weighted by atomic mass is 10.1. The lowest BCUT2D eigenvalue weighted by molar-refractivity contribution is -0.157. The summed E-state index contributed by atoms with van der Waals surface area (Å²) >= 11 is 0. The van der Waals surface area contributed by atoms with Crippen molar-refractivity contribution in [2.24, 2.45) is 0 Å². The summed E-state index contributed by atoms with van der Waals surface area (Å²) in [5.41, 5.74) is 0. The van der Waals surface area contributed by atoms with Crippen molar-refractivity contribution >= 4 is 17.9 Å². The Morgan fingerprint density at radius 3 is 1.75 bits per heavy atom. The number of esters is 2. The van der Waals surface area contributed by atoms with E-state index < -0.39 is 42.3 Å². The average molecular weight is 344 g/mol. The van der Waals surface area contributed by atoms with Crippen LogP contribution in [0.1, 0.15) is 25.7 Å². The maximum Gasteiger partial charge on any atom is 0.306 e. The van der Waals surface area contributed by atoms with Gasteiger partial charge in [0, 0.05) is 6.42 Å². The van der Waals surface area contributed by atoms with E-state index in [0.29, 0.717) is 0 Å². The van der Waals surface area contributed by atoms with E-state index in [4.69, 9.17) is 29.2 Å². The van der Waals surface area contributed by atoms with Gasteiger partial charge in [-0.15, -0.1) is 0 Å². The first-order chi connectivity index (χ1) is 11.4. The third-order valence-electron chi connectivity index (χ3n) is 3.69. The molecule has 2 heterocycles. The van der Waals surface area contributed by atoms with Crippen LogP contribution in [0.4, 0.5) is 0 Å². The van der Waals surface area contributed by atoms with Crippen LogP contribution in [0, 0.1) is 0 Å². The number of aliphatic hydroxyl groups is 1. The first-order valence-electron chi connectivity index (χ1n) is 7.57. The molecule has 2 saturated heterocycles. The van der Waals surface area contributed by atoms with Crippen LogP contribution in [0.3, 0.4) is 0 Å². The molecule has 0 radical (unpaired) electrons. The van der Waals surface area contributed by atoms with E-state index in [0.717, 1.165) is 0 Å². The molecule has 134 valence electrons. The fraction of sp³-hybridized carbons (Fsp3) is 0.667. The van der Waals surface area contributed by atoms with Crippen LogP contribution in [0.25, 0.3) is 0 Å². The standard InChI is InChI=1S/C15H20O9/c1-8(16)2-4-12(19)23-9-6-21-15-10(7-22-14(9)15)24-13(20)5-3-11(17)18/h9-10,14-16H,1-7H2,(H,17,18)/t9-,10-,14-,15-/m1/s1. The summed E-state index contributed by atoms with van der Waals surface area (Å²) in [6, 6.07) is 0. The number of carboxylic acids is 1. The summed E-state index contributed by atoms with van der Waals surface area (Å²) < 4.78 is 21.4. The van der Waals surface area contributed by atoms with Gasteiger partial charge in [-0.05, 0) is 0 Å². The van der Waals surface area contributed by atoms with Crippen LogP contribution < -0.4 is 0 Å². The van der Waals surface area contributed by atoms with Crippen LogP contribution >= 0.6 is 0 Å². The second-order valence-corrected chi connectivity index (χ2v) is 5.61. The molecule has 0 amide bonds. The summed E-state index contributed by atoms with van der Waals surface area (Å²) in [6.45, 7) is 3.50. The number of carbonyl (C=O) groups is 3. The number of aliphatic hydroxyl groups excluding tert-OH is 1. The third-order valence-corrected chi connectivity index (χ3v) is 3.69. The summed E-state index contributed by atoms with van der Waals surface area (Å²) in [5.74, 6) is -2.33. The number of allylic oxidation sites excluding steroid dienone is 1. The van der Waals surface area contributed by atoms with Gasteiger partial charge in [-0.25, -0.2) is 0 Å². The highest BCUT2D eigenvalue weighted by Crippen LogP contribution is 2.31. The Kier molecular flexibility index (Phi) is 6.16. The summed E-state index contributed by atoms with van der Waals surface area (Å²) in [5, 5.41) is 17.5. The molecule has 2 rings (SSSR count). The van der Waals surface area contributed by atoms with Gasteiger partial charge in [-0.3, -0.25) is 14.4 Å². The number of aliphatic carboxylic acids is 1. The molecular weight excluding hydrogens is 324 g/mol. The Labute approximate surface area is 138 Å². The molecule has 0 aromatic carbocycles. The minimum absolute atomic E-state index is 0.00315. The van der Waals surface area contributed by atoms with Gasteiger partial charge in [-0.2, -0.15) is 0 Å². The monoisotopic (exact) mass is 344 g/mol. The Bertz CT molecular complexity index is 469. The van der Waals surface area contributed by atoms with Gasteiger partial charge in [0.1, 0.15) is 12.2 Å². The van der Waals surface area contributed by atoms with Gasteiger partial charge in [0.25, 0.3) is 0 Å². The zero-order valence-corrected chi connectivity index (χ0v) is 13.0. The molecule has 0 unspecified atom stereocenters. The molecule has 2 fully saturated rings. The van der Waals surface area contributed by atoms with E-state index in [1.807, 2.05) is 0 Å². The van der Waals surface area contributed by atoms with E-state index in [1.165, 1.54) is 0 Å². The van der Waals surface area contributed by atoms with Crippen LogP contribution in [0.15, 0.2) is 12.3 Å². The molecule has 0 spiro atoms. The van der Waals surface area contributed by atoms with Gasteiger partial charge in [-0.1, -0.05) is 6.58 Å². The second-order valence-electron chi connectivity index (χ2n) is 5.61. The molecule has 0 aliphatic carbocycles. The molecule has 2 N–H and O–H groups in total. The van der Waals surface area contributed by atoms with Crippen molar-refractivity contribution in [2.75, 3.05) is 13.2 Å². The van der Waals surface area contributed by atoms with E-state index in [-0.39, 0.29) is 44.7 Å². The molecule has 24 heavy (non-hydrogen) atoms. The largest absolute Gasteiger partial charge is 0.513 e. The second kappa shape index (κ2) is 8.11. The van der Waals surface area contributed by atoms with Crippen molar-refractivity contribution < 1.29 is 43.5 Å². The molecule has 0 aromatic rings. The highest BCUT2D eigenvalue weighted by molar-refractivity contribution is 5.76. The lowest BCUT2D eigenvalue weighted by Crippen LogP contribution is -2.36. The normalized spacial score (nSPS) is 28.2. The van der Waals surface area contributed by atoms with Gasteiger partial charge in [0.2, 0.25) is 0 Å². The zero-order valence-electron chi connectivity index (χ0n) is 13.0. The van der Waals surface area contributed by atoms with E-state index >= 15 is 0 Å². The molecule has 0 aromatic heterocycles. The van der Waals surface area contributed by atoms with E-state index in [1.54, 1.807) is 0 Å². The van der Waals surface area contributed by atoms with Gasteiger partial charge >= 0.3 is 17.9 Å². The fourth-order valence-corrected chi connectivity index (χ4v) is 2.54. The van der Waals surface area contributed by atoms with Crippen molar-refractivity contribution in [2.45, 2.75) is 50.1 Å². The predicted molar refractivity (Wildman–Crippen MR) is 77.1 cm³/mol. The molecule has 2 aliphatic rings. The molecule has 0 bridgehead atoms. The van der Waals surface area contributed by atoms with Crippen molar-refractivity contribution in [1.82, 2.24) is 0 Å². The molecule has 2 aliphatic heterocycles. The Morgan fingerprint density at radius 1 is 0.875 bits per heavy atom. The van der Waals surface area contributed by atoms with Crippen molar-refractivity contribution in [1.29, 1.82) is 0 Å². The molecular formula is C15H20O9. The first-order valence-corrected chi connectivity index (χ1v) is 7.57. The topological polar surface area (TPSA) is 129 Å². The molecule has 0 saturated carbocycles. The molecule has 4 atom stereocenters. The van der Waals surface area contributed by atoms with E-state index in [9.17, 15) is 14.4 Å². The summed E-state index contributed by atoms with van der Waals surface area (Å²) in [6.07, 6.45) is -2.78. The van der Waals surface area contributed by atoms with Gasteiger partial charge in [0.05, 0.1) is 38.2 Å². The Balaban J connectivity index is 1.78. The first kappa shape index (κ1) is 18.2. The Hall–Kier alpha value is -2.13. The zero-order chi connectivity index (χ0) is 17.7. The number of ether oxygens (including phenoxy) is 4. The Morgan fingerprint density at radius 2 is 1.33 bits per heavy atom. The fourth-order valence-electron chi connectivity index (χ4n) is 2.54.